The van der Waals surface area contributed by atoms with E-state index < -0.39 is 9.84 Å². The first-order valence-electron chi connectivity index (χ1n) is 6.82. The molecule has 0 N–H and O–H groups in total. The molecule has 0 amide bonds. The number of rotatable bonds is 1. The maximum Gasteiger partial charge on any atom is 0.151 e. The van der Waals surface area contributed by atoms with Gasteiger partial charge in [-0.1, -0.05) is 6.42 Å². The van der Waals surface area contributed by atoms with E-state index in [1.165, 1.54) is 25.8 Å². The van der Waals surface area contributed by atoms with Crippen LogP contribution in [0.1, 0.15) is 25.7 Å². The minimum Gasteiger partial charge on any atom is -0.298 e. The fourth-order valence-corrected chi connectivity index (χ4v) is 5.34. The first-order chi connectivity index (χ1) is 8.14. The fraction of sp³-hybridized carbons (Fsp3) is 1.00. The zero-order valence-corrected chi connectivity index (χ0v) is 11.2. The van der Waals surface area contributed by atoms with Gasteiger partial charge < -0.3 is 0 Å². The van der Waals surface area contributed by atoms with Crippen molar-refractivity contribution in [3.8, 4) is 0 Å². The lowest BCUT2D eigenvalue weighted by molar-refractivity contribution is 0.0326. The monoisotopic (exact) mass is 258 g/mol. The summed E-state index contributed by atoms with van der Waals surface area (Å²) in [4.78, 5) is 5.04. The second-order valence-electron chi connectivity index (χ2n) is 5.74. The van der Waals surface area contributed by atoms with Crippen LogP contribution in [0.2, 0.25) is 0 Å². The Balaban J connectivity index is 1.62. The molecule has 2 atom stereocenters. The average Bonchev–Trinajstić information content (AvgIpc) is 2.69. The minimum absolute atomic E-state index is 0.309. The van der Waals surface area contributed by atoms with E-state index in [1.807, 2.05) is 0 Å². The van der Waals surface area contributed by atoms with Crippen molar-refractivity contribution in [2.75, 3.05) is 37.7 Å². The summed E-state index contributed by atoms with van der Waals surface area (Å²) < 4.78 is 23.1. The number of fused-ring (bicyclic) bond motifs is 1. The lowest BCUT2D eigenvalue weighted by atomic mass is 9.98. The molecule has 0 radical (unpaired) electrons. The smallest absolute Gasteiger partial charge is 0.151 e. The first kappa shape index (κ1) is 11.9. The maximum absolute atomic E-state index is 11.5. The van der Waals surface area contributed by atoms with Gasteiger partial charge in [-0.25, -0.2) is 8.42 Å². The molecule has 2 unspecified atom stereocenters. The van der Waals surface area contributed by atoms with Crippen LogP contribution < -0.4 is 0 Å². The summed E-state index contributed by atoms with van der Waals surface area (Å²) in [5.74, 6) is 0.808. The Hall–Kier alpha value is -0.130. The Labute approximate surface area is 104 Å². The topological polar surface area (TPSA) is 40.6 Å². The quantitative estimate of drug-likeness (QED) is 0.680. The highest BCUT2D eigenvalue weighted by atomic mass is 32.2. The van der Waals surface area contributed by atoms with Crippen LogP contribution in [0.3, 0.4) is 0 Å². The van der Waals surface area contributed by atoms with Crippen LogP contribution in [0, 0.1) is 0 Å². The molecule has 4 nitrogen and oxygen atoms in total. The third-order valence-electron chi connectivity index (χ3n) is 4.59. The zero-order valence-electron chi connectivity index (χ0n) is 10.3. The molecule has 3 rings (SSSR count). The molecule has 3 aliphatic heterocycles. The van der Waals surface area contributed by atoms with E-state index in [9.17, 15) is 8.42 Å². The second kappa shape index (κ2) is 4.52. The number of piperidine rings is 1. The third kappa shape index (κ3) is 2.51. The molecule has 0 saturated carbocycles. The Kier molecular flexibility index (Phi) is 3.17. The van der Waals surface area contributed by atoms with Gasteiger partial charge in [0.2, 0.25) is 0 Å². The van der Waals surface area contributed by atoms with Crippen LogP contribution in [0.4, 0.5) is 0 Å². The van der Waals surface area contributed by atoms with Crippen molar-refractivity contribution < 1.29 is 8.42 Å². The summed E-state index contributed by atoms with van der Waals surface area (Å²) in [7, 11) is -2.73. The van der Waals surface area contributed by atoms with Gasteiger partial charge in [-0.2, -0.15) is 0 Å². The van der Waals surface area contributed by atoms with Crippen molar-refractivity contribution >= 4 is 9.84 Å². The van der Waals surface area contributed by atoms with Crippen molar-refractivity contribution in [2.45, 2.75) is 37.8 Å². The van der Waals surface area contributed by atoms with Gasteiger partial charge in [-0.3, -0.25) is 9.80 Å². The predicted octanol–water partition coefficient (Wildman–Crippen LogP) is 0.344. The molecule has 3 fully saturated rings. The van der Waals surface area contributed by atoms with E-state index in [-0.39, 0.29) is 0 Å². The van der Waals surface area contributed by atoms with Crippen molar-refractivity contribution in [1.29, 1.82) is 0 Å². The Morgan fingerprint density at radius 1 is 0.882 bits per heavy atom. The molecule has 17 heavy (non-hydrogen) atoms. The Morgan fingerprint density at radius 2 is 1.71 bits per heavy atom. The summed E-state index contributed by atoms with van der Waals surface area (Å²) >= 11 is 0. The maximum atomic E-state index is 11.5. The fourth-order valence-electron chi connectivity index (χ4n) is 3.58. The molecular weight excluding hydrogens is 236 g/mol. The van der Waals surface area contributed by atoms with Crippen LogP contribution in [0.25, 0.3) is 0 Å². The van der Waals surface area contributed by atoms with Gasteiger partial charge in [0.15, 0.2) is 9.84 Å². The Morgan fingerprint density at radius 3 is 2.47 bits per heavy atom. The predicted molar refractivity (Wildman–Crippen MR) is 67.8 cm³/mol. The van der Waals surface area contributed by atoms with E-state index >= 15 is 0 Å². The van der Waals surface area contributed by atoms with E-state index in [4.69, 9.17) is 0 Å². The summed E-state index contributed by atoms with van der Waals surface area (Å²) in [6, 6.07) is 1.00. The van der Waals surface area contributed by atoms with Crippen molar-refractivity contribution in [3.05, 3.63) is 0 Å². The molecule has 0 aromatic carbocycles. The summed E-state index contributed by atoms with van der Waals surface area (Å²) in [5, 5.41) is 0. The molecule has 0 aromatic rings. The van der Waals surface area contributed by atoms with Gasteiger partial charge in [0.1, 0.15) is 0 Å². The minimum atomic E-state index is -2.73. The van der Waals surface area contributed by atoms with E-state index in [0.29, 0.717) is 23.6 Å². The van der Waals surface area contributed by atoms with Crippen LogP contribution in [-0.2, 0) is 9.84 Å². The molecule has 3 aliphatic rings. The van der Waals surface area contributed by atoms with Crippen LogP contribution in [0.15, 0.2) is 0 Å². The number of sulfone groups is 1. The second-order valence-corrected chi connectivity index (χ2v) is 7.97. The number of nitrogens with zero attached hydrogens (tertiary/aromatic N) is 2. The van der Waals surface area contributed by atoms with E-state index in [1.54, 1.807) is 0 Å². The van der Waals surface area contributed by atoms with E-state index in [2.05, 4.69) is 9.80 Å². The largest absolute Gasteiger partial charge is 0.298 e. The van der Waals surface area contributed by atoms with Gasteiger partial charge in [0.25, 0.3) is 0 Å². The van der Waals surface area contributed by atoms with Crippen LogP contribution in [-0.4, -0.2) is 68.0 Å². The van der Waals surface area contributed by atoms with Gasteiger partial charge in [-0.15, -0.1) is 0 Å². The summed E-state index contributed by atoms with van der Waals surface area (Å²) in [6.45, 7) is 4.56. The summed E-state index contributed by atoms with van der Waals surface area (Å²) in [6.07, 6.45) is 4.84. The highest BCUT2D eigenvalue weighted by Gasteiger charge is 2.37. The molecule has 5 heteroatoms. The number of hydrogen-bond donors (Lipinski definition) is 0. The standard InChI is InChI=1S/C12H22N2O2S/c15-17(16)8-4-12(10-17)14-7-6-13-5-2-1-3-11(13)9-14/h11-12H,1-10H2. The van der Waals surface area contributed by atoms with Crippen LogP contribution in [0.5, 0.6) is 0 Å². The first-order valence-corrected chi connectivity index (χ1v) is 8.65. The molecule has 0 spiro atoms. The molecular formula is C12H22N2O2S. The SMILES string of the molecule is O=S1(=O)CCC(N2CCN3CCCCC3C2)C1. The molecule has 3 heterocycles. The molecule has 98 valence electrons. The molecule has 0 bridgehead atoms. The van der Waals surface area contributed by atoms with Gasteiger partial charge in [0.05, 0.1) is 11.5 Å². The van der Waals surface area contributed by atoms with Crippen molar-refractivity contribution in [2.24, 2.45) is 0 Å². The average molecular weight is 258 g/mol. The lowest BCUT2D eigenvalue weighted by Gasteiger charge is -2.45. The molecule has 3 saturated heterocycles. The zero-order chi connectivity index (χ0) is 11.9. The molecule has 0 aliphatic carbocycles. The normalized spacial score (nSPS) is 39.1. The van der Waals surface area contributed by atoms with Crippen molar-refractivity contribution in [3.63, 3.8) is 0 Å². The highest BCUT2D eigenvalue weighted by Crippen LogP contribution is 2.25. The number of hydrogen-bond acceptors (Lipinski definition) is 4. The third-order valence-corrected chi connectivity index (χ3v) is 6.34. The van der Waals surface area contributed by atoms with E-state index in [0.717, 1.165) is 26.1 Å². The lowest BCUT2D eigenvalue weighted by Crippen LogP contribution is -2.57. The summed E-state index contributed by atoms with van der Waals surface area (Å²) in [5.41, 5.74) is 0. The highest BCUT2D eigenvalue weighted by molar-refractivity contribution is 7.91. The van der Waals surface area contributed by atoms with Crippen molar-refractivity contribution in [1.82, 2.24) is 9.80 Å². The van der Waals surface area contributed by atoms with Gasteiger partial charge >= 0.3 is 0 Å². The van der Waals surface area contributed by atoms with Gasteiger partial charge in [-0.05, 0) is 25.8 Å². The molecule has 0 aromatic heterocycles. The van der Waals surface area contributed by atoms with Gasteiger partial charge in [0, 0.05) is 31.7 Å². The number of piperazine rings is 1. The Bertz CT molecular complexity index is 382. The van der Waals surface area contributed by atoms with Crippen LogP contribution >= 0.6 is 0 Å².